The summed E-state index contributed by atoms with van der Waals surface area (Å²) >= 11 is 0. The average Bonchev–Trinajstić information content (AvgIpc) is 2.59. The lowest BCUT2D eigenvalue weighted by Crippen LogP contribution is -2.23. The van der Waals surface area contributed by atoms with Crippen LogP contribution in [0.15, 0.2) is 12.7 Å². The fourth-order valence-corrected chi connectivity index (χ4v) is 2.36. The summed E-state index contributed by atoms with van der Waals surface area (Å²) in [5.41, 5.74) is 0. The lowest BCUT2D eigenvalue weighted by atomic mass is 9.73. The first-order valence-corrected chi connectivity index (χ1v) is 4.44. The van der Waals surface area contributed by atoms with Gasteiger partial charge in [-0.15, -0.1) is 6.58 Å². The molecular weight excluding hydrogens is 120 g/mol. The minimum Gasteiger partial charge on any atom is -0.103 e. The predicted octanol–water partition coefficient (Wildman–Crippen LogP) is 2.85. The monoisotopic (exact) mass is 136 g/mol. The van der Waals surface area contributed by atoms with Gasteiger partial charge in [0.05, 0.1) is 0 Å². The Morgan fingerprint density at radius 1 is 1.30 bits per heavy atom. The highest BCUT2D eigenvalue weighted by Crippen LogP contribution is 2.53. The second kappa shape index (κ2) is 2.11. The van der Waals surface area contributed by atoms with Gasteiger partial charge in [-0.2, -0.15) is 0 Å². The summed E-state index contributed by atoms with van der Waals surface area (Å²) in [6, 6.07) is 0. The second-order valence-corrected chi connectivity index (χ2v) is 4.14. The molecule has 2 aliphatic rings. The molecule has 0 amide bonds. The zero-order chi connectivity index (χ0) is 7.14. The standard InChI is InChI=1S/C10H16/c1-3-8-6-10(8)9-4-7(2)5-9/h3,7-10H,1,4-6H2,2H3. The average molecular weight is 136 g/mol. The molecule has 56 valence electrons. The maximum atomic E-state index is 3.83. The first-order valence-electron chi connectivity index (χ1n) is 4.44. The van der Waals surface area contributed by atoms with Crippen molar-refractivity contribution in [3.05, 3.63) is 12.7 Å². The van der Waals surface area contributed by atoms with Crippen LogP contribution in [0.3, 0.4) is 0 Å². The summed E-state index contributed by atoms with van der Waals surface area (Å²) in [4.78, 5) is 0. The van der Waals surface area contributed by atoms with Gasteiger partial charge in [0.2, 0.25) is 0 Å². The number of hydrogen-bond acceptors (Lipinski definition) is 0. The van der Waals surface area contributed by atoms with E-state index in [1.807, 2.05) is 0 Å². The van der Waals surface area contributed by atoms with Crippen molar-refractivity contribution in [2.45, 2.75) is 26.2 Å². The van der Waals surface area contributed by atoms with Crippen molar-refractivity contribution in [1.82, 2.24) is 0 Å². The van der Waals surface area contributed by atoms with Gasteiger partial charge in [0.1, 0.15) is 0 Å². The van der Waals surface area contributed by atoms with E-state index in [0.29, 0.717) is 0 Å². The van der Waals surface area contributed by atoms with E-state index in [-0.39, 0.29) is 0 Å². The van der Waals surface area contributed by atoms with Gasteiger partial charge in [-0.25, -0.2) is 0 Å². The SMILES string of the molecule is C=CC1CC1C1CC(C)C1. The van der Waals surface area contributed by atoms with E-state index in [4.69, 9.17) is 0 Å². The molecule has 2 atom stereocenters. The molecule has 10 heavy (non-hydrogen) atoms. The van der Waals surface area contributed by atoms with E-state index in [1.54, 1.807) is 0 Å². The van der Waals surface area contributed by atoms with E-state index >= 15 is 0 Å². The lowest BCUT2D eigenvalue weighted by molar-refractivity contribution is 0.181. The molecule has 0 spiro atoms. The summed E-state index contributed by atoms with van der Waals surface area (Å²) < 4.78 is 0. The van der Waals surface area contributed by atoms with Crippen LogP contribution >= 0.6 is 0 Å². The molecule has 2 fully saturated rings. The maximum Gasteiger partial charge on any atom is -0.0202 e. The Hall–Kier alpha value is -0.260. The van der Waals surface area contributed by atoms with Crippen molar-refractivity contribution in [3.8, 4) is 0 Å². The highest BCUT2D eigenvalue weighted by molar-refractivity contribution is 5.03. The van der Waals surface area contributed by atoms with Gasteiger partial charge in [-0.1, -0.05) is 13.0 Å². The van der Waals surface area contributed by atoms with E-state index in [2.05, 4.69) is 19.6 Å². The van der Waals surface area contributed by atoms with Gasteiger partial charge < -0.3 is 0 Å². The Labute approximate surface area is 63.3 Å². The Morgan fingerprint density at radius 2 is 2.00 bits per heavy atom. The van der Waals surface area contributed by atoms with Crippen molar-refractivity contribution < 1.29 is 0 Å². The van der Waals surface area contributed by atoms with Gasteiger partial charge in [0.15, 0.2) is 0 Å². The fraction of sp³-hybridized carbons (Fsp3) is 0.800. The van der Waals surface area contributed by atoms with Crippen molar-refractivity contribution in [2.75, 3.05) is 0 Å². The Bertz CT molecular complexity index is 142. The minimum absolute atomic E-state index is 0.900. The molecule has 0 N–H and O–H groups in total. The first kappa shape index (κ1) is 6.45. The van der Waals surface area contributed by atoms with Gasteiger partial charge >= 0.3 is 0 Å². The van der Waals surface area contributed by atoms with Crippen LogP contribution in [0.1, 0.15) is 26.2 Å². The van der Waals surface area contributed by atoms with E-state index in [0.717, 1.165) is 23.7 Å². The molecule has 0 aromatic carbocycles. The molecule has 2 rings (SSSR count). The van der Waals surface area contributed by atoms with Crippen molar-refractivity contribution in [3.63, 3.8) is 0 Å². The van der Waals surface area contributed by atoms with Crippen molar-refractivity contribution in [1.29, 1.82) is 0 Å². The molecule has 0 aliphatic heterocycles. The van der Waals surface area contributed by atoms with Gasteiger partial charge in [0, 0.05) is 0 Å². The highest BCUT2D eigenvalue weighted by Gasteiger charge is 2.44. The summed E-state index contributed by atoms with van der Waals surface area (Å²) in [5.74, 6) is 4.06. The van der Waals surface area contributed by atoms with E-state index in [9.17, 15) is 0 Å². The smallest absolute Gasteiger partial charge is 0.0202 e. The summed E-state index contributed by atoms with van der Waals surface area (Å²) in [6.07, 6.45) is 6.58. The number of allylic oxidation sites excluding steroid dienone is 1. The normalized spacial score (nSPS) is 51.7. The largest absolute Gasteiger partial charge is 0.103 e. The molecule has 0 aromatic heterocycles. The van der Waals surface area contributed by atoms with Crippen LogP contribution in [0.4, 0.5) is 0 Å². The Balaban J connectivity index is 1.78. The molecule has 0 heteroatoms. The highest BCUT2D eigenvalue weighted by atomic mass is 14.5. The van der Waals surface area contributed by atoms with E-state index < -0.39 is 0 Å². The predicted molar refractivity (Wildman–Crippen MR) is 43.7 cm³/mol. The molecule has 0 saturated heterocycles. The molecule has 0 heterocycles. The van der Waals surface area contributed by atoms with Crippen LogP contribution < -0.4 is 0 Å². The topological polar surface area (TPSA) is 0 Å². The Morgan fingerprint density at radius 3 is 2.40 bits per heavy atom. The van der Waals surface area contributed by atoms with Crippen LogP contribution in [-0.4, -0.2) is 0 Å². The molecule has 0 aromatic rings. The number of rotatable bonds is 2. The molecule has 0 radical (unpaired) electrons. The molecule has 0 nitrogen and oxygen atoms in total. The van der Waals surface area contributed by atoms with Crippen LogP contribution in [0.2, 0.25) is 0 Å². The van der Waals surface area contributed by atoms with Gasteiger partial charge in [0.25, 0.3) is 0 Å². The van der Waals surface area contributed by atoms with Gasteiger partial charge in [-0.3, -0.25) is 0 Å². The zero-order valence-electron chi connectivity index (χ0n) is 6.72. The summed E-state index contributed by atoms with van der Waals surface area (Å²) in [7, 11) is 0. The van der Waals surface area contributed by atoms with Crippen LogP contribution in [-0.2, 0) is 0 Å². The lowest BCUT2D eigenvalue weighted by Gasteiger charge is -2.33. The Kier molecular flexibility index (Phi) is 1.36. The van der Waals surface area contributed by atoms with Crippen molar-refractivity contribution >= 4 is 0 Å². The fourth-order valence-electron chi connectivity index (χ4n) is 2.36. The molecule has 2 saturated carbocycles. The second-order valence-electron chi connectivity index (χ2n) is 4.14. The summed E-state index contributed by atoms with van der Waals surface area (Å²) in [6.45, 7) is 6.20. The minimum atomic E-state index is 0.900. The molecule has 2 unspecified atom stereocenters. The summed E-state index contributed by atoms with van der Waals surface area (Å²) in [5, 5.41) is 0. The van der Waals surface area contributed by atoms with E-state index in [1.165, 1.54) is 19.3 Å². The quantitative estimate of drug-likeness (QED) is 0.512. The van der Waals surface area contributed by atoms with Crippen LogP contribution in [0.5, 0.6) is 0 Å². The zero-order valence-corrected chi connectivity index (χ0v) is 6.72. The third-order valence-electron chi connectivity index (χ3n) is 3.21. The molecule has 0 bridgehead atoms. The molecule has 2 aliphatic carbocycles. The van der Waals surface area contributed by atoms with Gasteiger partial charge in [-0.05, 0) is 42.9 Å². The van der Waals surface area contributed by atoms with Crippen molar-refractivity contribution in [2.24, 2.45) is 23.7 Å². The number of hydrogen-bond donors (Lipinski definition) is 0. The third-order valence-corrected chi connectivity index (χ3v) is 3.21. The molecular formula is C10H16. The third kappa shape index (κ3) is 0.902. The maximum absolute atomic E-state index is 3.83. The first-order chi connectivity index (χ1) is 4.81. The van der Waals surface area contributed by atoms with Crippen LogP contribution in [0.25, 0.3) is 0 Å². The van der Waals surface area contributed by atoms with Crippen LogP contribution in [0, 0.1) is 23.7 Å².